The van der Waals surface area contributed by atoms with Crippen LogP contribution in [0.1, 0.15) is 30.6 Å². The normalized spacial score (nSPS) is 20.8. The van der Waals surface area contributed by atoms with E-state index < -0.39 is 0 Å². The molecule has 1 unspecified atom stereocenters. The molecule has 15 heavy (non-hydrogen) atoms. The van der Waals surface area contributed by atoms with Crippen LogP contribution < -0.4 is 0 Å². The van der Waals surface area contributed by atoms with E-state index in [-0.39, 0.29) is 11.9 Å². The Morgan fingerprint density at radius 1 is 1.20 bits per heavy atom. The summed E-state index contributed by atoms with van der Waals surface area (Å²) in [6.07, 6.45) is 1.90. The van der Waals surface area contributed by atoms with Crippen LogP contribution in [-0.4, -0.2) is 5.78 Å². The molecule has 0 spiro atoms. The topological polar surface area (TPSA) is 26.3 Å². The highest BCUT2D eigenvalue weighted by molar-refractivity contribution is 5.91. The minimum atomic E-state index is -0.108. The fourth-order valence-electron chi connectivity index (χ4n) is 1.74. The van der Waals surface area contributed by atoms with Gasteiger partial charge in [-0.1, -0.05) is 29.8 Å². The largest absolute Gasteiger partial charge is 0.490 e. The van der Waals surface area contributed by atoms with Gasteiger partial charge in [-0.2, -0.15) is 0 Å². The second kappa shape index (κ2) is 3.89. The lowest BCUT2D eigenvalue weighted by Crippen LogP contribution is -2.14. The van der Waals surface area contributed by atoms with Gasteiger partial charge in [0.2, 0.25) is 0 Å². The van der Waals surface area contributed by atoms with E-state index in [4.69, 9.17) is 4.74 Å². The summed E-state index contributed by atoms with van der Waals surface area (Å²) in [5.41, 5.74) is 2.29. The molecule has 1 aromatic carbocycles. The molecular formula is C13H14O2. The highest BCUT2D eigenvalue weighted by atomic mass is 16.5. The SMILES string of the molecule is CC1=CC(=O)CC(c2ccc(C)cc2)O1. The van der Waals surface area contributed by atoms with Gasteiger partial charge in [-0.3, -0.25) is 4.79 Å². The lowest BCUT2D eigenvalue weighted by atomic mass is 10.0. The molecule has 0 saturated carbocycles. The van der Waals surface area contributed by atoms with Crippen LogP contribution >= 0.6 is 0 Å². The third-order valence-corrected chi connectivity index (χ3v) is 2.53. The molecule has 2 nitrogen and oxygen atoms in total. The Balaban J connectivity index is 2.22. The Kier molecular flexibility index (Phi) is 2.58. The van der Waals surface area contributed by atoms with E-state index in [9.17, 15) is 4.79 Å². The highest BCUT2D eigenvalue weighted by Crippen LogP contribution is 2.28. The first-order chi connectivity index (χ1) is 7.15. The van der Waals surface area contributed by atoms with Crippen LogP contribution in [0.5, 0.6) is 0 Å². The summed E-state index contributed by atoms with van der Waals surface area (Å²) in [6.45, 7) is 3.86. The van der Waals surface area contributed by atoms with Crippen LogP contribution in [0.2, 0.25) is 0 Å². The number of hydrogen-bond acceptors (Lipinski definition) is 2. The number of carbonyl (C=O) groups excluding carboxylic acids is 1. The number of carbonyl (C=O) groups is 1. The quantitative estimate of drug-likeness (QED) is 0.699. The first-order valence-corrected chi connectivity index (χ1v) is 5.09. The minimum absolute atomic E-state index is 0.108. The highest BCUT2D eigenvalue weighted by Gasteiger charge is 2.21. The van der Waals surface area contributed by atoms with Gasteiger partial charge < -0.3 is 4.74 Å². The van der Waals surface area contributed by atoms with Gasteiger partial charge in [-0.05, 0) is 19.4 Å². The van der Waals surface area contributed by atoms with Gasteiger partial charge >= 0.3 is 0 Å². The molecule has 0 amide bonds. The average Bonchev–Trinajstić information content (AvgIpc) is 2.17. The van der Waals surface area contributed by atoms with Crippen LogP contribution in [0.15, 0.2) is 36.1 Å². The third-order valence-electron chi connectivity index (χ3n) is 2.53. The summed E-state index contributed by atoms with van der Waals surface area (Å²) in [4.78, 5) is 11.4. The summed E-state index contributed by atoms with van der Waals surface area (Å²) in [6, 6.07) is 8.12. The van der Waals surface area contributed by atoms with E-state index in [2.05, 4.69) is 0 Å². The van der Waals surface area contributed by atoms with Crippen molar-refractivity contribution in [2.75, 3.05) is 0 Å². The number of ketones is 1. The number of rotatable bonds is 1. The number of ether oxygens (including phenoxy) is 1. The molecule has 0 aliphatic carbocycles. The Hall–Kier alpha value is -1.57. The average molecular weight is 202 g/mol. The van der Waals surface area contributed by atoms with Crippen molar-refractivity contribution in [2.24, 2.45) is 0 Å². The first-order valence-electron chi connectivity index (χ1n) is 5.09. The maximum Gasteiger partial charge on any atom is 0.163 e. The van der Waals surface area contributed by atoms with Gasteiger partial charge in [0.25, 0.3) is 0 Å². The third kappa shape index (κ3) is 2.27. The first kappa shape index (κ1) is 9.97. The van der Waals surface area contributed by atoms with Gasteiger partial charge in [0.05, 0.1) is 12.2 Å². The zero-order valence-corrected chi connectivity index (χ0v) is 8.99. The van der Waals surface area contributed by atoms with Crippen molar-refractivity contribution in [3.63, 3.8) is 0 Å². The maximum atomic E-state index is 11.4. The van der Waals surface area contributed by atoms with Crippen LogP contribution in [0.25, 0.3) is 0 Å². The van der Waals surface area contributed by atoms with Crippen molar-refractivity contribution in [2.45, 2.75) is 26.4 Å². The van der Waals surface area contributed by atoms with Crippen molar-refractivity contribution in [1.29, 1.82) is 0 Å². The molecule has 0 N–H and O–H groups in total. The molecule has 78 valence electrons. The van der Waals surface area contributed by atoms with Crippen molar-refractivity contribution in [1.82, 2.24) is 0 Å². The summed E-state index contributed by atoms with van der Waals surface area (Å²) >= 11 is 0. The molecule has 1 aliphatic heterocycles. The van der Waals surface area contributed by atoms with Gasteiger partial charge in [0.15, 0.2) is 5.78 Å². The Morgan fingerprint density at radius 2 is 1.87 bits per heavy atom. The summed E-state index contributed by atoms with van der Waals surface area (Å²) in [7, 11) is 0. The molecule has 1 heterocycles. The van der Waals surface area contributed by atoms with E-state index >= 15 is 0 Å². The fraction of sp³-hybridized carbons (Fsp3) is 0.308. The van der Waals surface area contributed by atoms with Crippen LogP contribution in [0.3, 0.4) is 0 Å². The molecule has 0 fully saturated rings. The number of aryl methyl sites for hydroxylation is 1. The van der Waals surface area contributed by atoms with E-state index in [1.165, 1.54) is 5.56 Å². The number of benzene rings is 1. The molecule has 0 bridgehead atoms. The molecule has 2 rings (SSSR count). The standard InChI is InChI=1S/C13H14O2/c1-9-3-5-11(6-4-9)13-8-12(14)7-10(2)15-13/h3-7,13H,8H2,1-2H3. The molecule has 2 heteroatoms. The van der Waals surface area contributed by atoms with Gasteiger partial charge in [0.1, 0.15) is 6.10 Å². The van der Waals surface area contributed by atoms with E-state index in [1.54, 1.807) is 6.08 Å². The number of allylic oxidation sites excluding steroid dienone is 2. The Morgan fingerprint density at radius 3 is 2.47 bits per heavy atom. The van der Waals surface area contributed by atoms with Gasteiger partial charge in [0, 0.05) is 6.08 Å². The van der Waals surface area contributed by atoms with E-state index in [0.29, 0.717) is 12.2 Å². The van der Waals surface area contributed by atoms with E-state index in [0.717, 1.165) is 5.56 Å². The second-order valence-electron chi connectivity index (χ2n) is 3.94. The van der Waals surface area contributed by atoms with Crippen molar-refractivity contribution in [3.05, 3.63) is 47.2 Å². The Bertz CT molecular complexity index is 401. The molecule has 1 aromatic rings. The molecule has 0 aromatic heterocycles. The number of hydrogen-bond donors (Lipinski definition) is 0. The van der Waals surface area contributed by atoms with Crippen molar-refractivity contribution < 1.29 is 9.53 Å². The Labute approximate surface area is 89.6 Å². The smallest absolute Gasteiger partial charge is 0.163 e. The molecule has 0 saturated heterocycles. The zero-order valence-electron chi connectivity index (χ0n) is 8.99. The second-order valence-corrected chi connectivity index (χ2v) is 3.94. The molecule has 0 radical (unpaired) electrons. The predicted octanol–water partition coefficient (Wildman–Crippen LogP) is 2.93. The lowest BCUT2D eigenvalue weighted by Gasteiger charge is -2.22. The van der Waals surface area contributed by atoms with Gasteiger partial charge in [-0.15, -0.1) is 0 Å². The van der Waals surface area contributed by atoms with Crippen LogP contribution in [0, 0.1) is 6.92 Å². The summed E-state index contributed by atoms with van der Waals surface area (Å²) in [5, 5.41) is 0. The summed E-state index contributed by atoms with van der Waals surface area (Å²) in [5.74, 6) is 0.848. The van der Waals surface area contributed by atoms with Gasteiger partial charge in [-0.25, -0.2) is 0 Å². The monoisotopic (exact) mass is 202 g/mol. The lowest BCUT2D eigenvalue weighted by molar-refractivity contribution is -0.118. The van der Waals surface area contributed by atoms with E-state index in [1.807, 2.05) is 38.1 Å². The zero-order chi connectivity index (χ0) is 10.8. The maximum absolute atomic E-state index is 11.4. The minimum Gasteiger partial charge on any atom is -0.490 e. The predicted molar refractivity (Wildman–Crippen MR) is 58.4 cm³/mol. The fourth-order valence-corrected chi connectivity index (χ4v) is 1.74. The van der Waals surface area contributed by atoms with Crippen LogP contribution in [0.4, 0.5) is 0 Å². The van der Waals surface area contributed by atoms with Crippen molar-refractivity contribution >= 4 is 5.78 Å². The van der Waals surface area contributed by atoms with Crippen LogP contribution in [-0.2, 0) is 9.53 Å². The molecule has 1 atom stereocenters. The summed E-state index contributed by atoms with van der Waals surface area (Å²) < 4.78 is 5.62. The molecule has 1 aliphatic rings. The van der Waals surface area contributed by atoms with Crippen molar-refractivity contribution in [3.8, 4) is 0 Å². The molecular weight excluding hydrogens is 188 g/mol.